The number of aryl methyl sites for hydroxylation is 1. The van der Waals surface area contributed by atoms with Gasteiger partial charge in [-0.3, -0.25) is 4.79 Å². The molecule has 108 valence electrons. The van der Waals surface area contributed by atoms with Gasteiger partial charge in [-0.25, -0.2) is 0 Å². The molecule has 0 aliphatic rings. The van der Waals surface area contributed by atoms with Gasteiger partial charge in [-0.2, -0.15) is 0 Å². The van der Waals surface area contributed by atoms with E-state index >= 15 is 0 Å². The van der Waals surface area contributed by atoms with Gasteiger partial charge < -0.3 is 10.2 Å². The van der Waals surface area contributed by atoms with Gasteiger partial charge in [-0.1, -0.05) is 48.1 Å². The summed E-state index contributed by atoms with van der Waals surface area (Å²) in [6.45, 7) is 3.74. The smallest absolute Gasteiger partial charge is 0.303 e. The van der Waals surface area contributed by atoms with Gasteiger partial charge in [-0.15, -0.1) is 0 Å². The van der Waals surface area contributed by atoms with Gasteiger partial charge >= 0.3 is 5.97 Å². The van der Waals surface area contributed by atoms with Crippen LogP contribution >= 0.6 is 0 Å². The predicted molar refractivity (Wildman–Crippen MR) is 82.4 cm³/mol. The number of carbonyl (C=O) groups is 1. The zero-order valence-corrected chi connectivity index (χ0v) is 12.0. The molecule has 3 heteroatoms. The van der Waals surface area contributed by atoms with E-state index in [0.29, 0.717) is 6.42 Å². The van der Waals surface area contributed by atoms with E-state index in [2.05, 4.69) is 6.07 Å². The lowest BCUT2D eigenvalue weighted by Gasteiger charge is -2.04. The van der Waals surface area contributed by atoms with E-state index in [0.717, 1.165) is 17.5 Å². The number of aliphatic hydroxyl groups excluding tert-OH is 1. The maximum atomic E-state index is 10.4. The van der Waals surface area contributed by atoms with Crippen molar-refractivity contribution >= 4 is 18.1 Å². The lowest BCUT2D eigenvalue weighted by Crippen LogP contribution is -1.93. The Kier molecular flexibility index (Phi) is 6.74. The summed E-state index contributed by atoms with van der Waals surface area (Å²) in [4.78, 5) is 10.4. The predicted octanol–water partition coefficient (Wildman–Crippen LogP) is 3.66. The lowest BCUT2D eigenvalue weighted by atomic mass is 10.0. The molecule has 0 spiro atoms. The van der Waals surface area contributed by atoms with Gasteiger partial charge in [0.05, 0.1) is 6.10 Å². The molecule has 0 heterocycles. The first-order chi connectivity index (χ1) is 9.49. The molecule has 1 rings (SSSR count). The number of rotatable bonds is 7. The number of hydrogen-bond acceptors (Lipinski definition) is 2. The van der Waals surface area contributed by atoms with Crippen molar-refractivity contribution in [3.8, 4) is 0 Å². The fourth-order valence-electron chi connectivity index (χ4n) is 1.81. The van der Waals surface area contributed by atoms with Crippen LogP contribution in [0, 0.1) is 6.92 Å². The Morgan fingerprint density at radius 2 is 2.05 bits per heavy atom. The van der Waals surface area contributed by atoms with Crippen LogP contribution < -0.4 is 0 Å². The summed E-state index contributed by atoms with van der Waals surface area (Å²) in [5.74, 6) is -0.755. The lowest BCUT2D eigenvalue weighted by molar-refractivity contribution is -0.137. The van der Waals surface area contributed by atoms with Gasteiger partial charge in [0.1, 0.15) is 0 Å². The van der Waals surface area contributed by atoms with Crippen molar-refractivity contribution in [2.24, 2.45) is 0 Å². The quantitative estimate of drug-likeness (QED) is 0.746. The number of carboxylic acids is 1. The largest absolute Gasteiger partial charge is 0.481 e. The van der Waals surface area contributed by atoms with Crippen molar-refractivity contribution < 1.29 is 15.0 Å². The van der Waals surface area contributed by atoms with Crippen LogP contribution in [0.15, 0.2) is 30.4 Å². The summed E-state index contributed by atoms with van der Waals surface area (Å²) in [6.07, 6.45) is 8.79. The number of carboxylic acid groups (broad SMARTS) is 1. The summed E-state index contributed by atoms with van der Waals surface area (Å²) in [7, 11) is 0. The van der Waals surface area contributed by atoms with Crippen LogP contribution in [0.4, 0.5) is 0 Å². The molecular weight excluding hydrogens is 252 g/mol. The van der Waals surface area contributed by atoms with Crippen LogP contribution in [0.3, 0.4) is 0 Å². The summed E-state index contributed by atoms with van der Waals surface area (Å²) in [6, 6.07) is 6.14. The average Bonchev–Trinajstić information content (AvgIpc) is 2.37. The molecule has 0 saturated carbocycles. The van der Waals surface area contributed by atoms with Crippen LogP contribution in [0.2, 0.25) is 0 Å². The second-order valence-corrected chi connectivity index (χ2v) is 4.92. The van der Waals surface area contributed by atoms with Gasteiger partial charge in [0.2, 0.25) is 0 Å². The molecule has 1 unspecified atom stereocenters. The zero-order chi connectivity index (χ0) is 15.0. The third-order valence-corrected chi connectivity index (χ3v) is 2.86. The molecule has 0 aliphatic heterocycles. The summed E-state index contributed by atoms with van der Waals surface area (Å²) < 4.78 is 0. The minimum atomic E-state index is -0.755. The van der Waals surface area contributed by atoms with E-state index < -0.39 is 12.1 Å². The average molecular weight is 274 g/mol. The van der Waals surface area contributed by atoms with Gasteiger partial charge in [0.25, 0.3) is 0 Å². The summed E-state index contributed by atoms with van der Waals surface area (Å²) >= 11 is 0. The van der Waals surface area contributed by atoms with Crippen molar-refractivity contribution in [3.63, 3.8) is 0 Å². The third kappa shape index (κ3) is 6.34. The van der Waals surface area contributed by atoms with Crippen LogP contribution in [0.25, 0.3) is 12.2 Å². The normalized spacial score (nSPS) is 13.2. The first-order valence-corrected chi connectivity index (χ1v) is 6.84. The van der Waals surface area contributed by atoms with Crippen molar-refractivity contribution in [2.45, 2.75) is 39.2 Å². The maximum absolute atomic E-state index is 10.4. The molecular formula is C17H22O3. The van der Waals surface area contributed by atoms with E-state index in [1.807, 2.05) is 37.3 Å². The van der Waals surface area contributed by atoms with Crippen molar-refractivity contribution in [2.75, 3.05) is 0 Å². The highest BCUT2D eigenvalue weighted by Gasteiger charge is 1.98. The van der Waals surface area contributed by atoms with Crippen molar-refractivity contribution in [1.29, 1.82) is 0 Å². The Bertz CT molecular complexity index is 499. The van der Waals surface area contributed by atoms with E-state index in [1.165, 1.54) is 5.56 Å². The zero-order valence-electron chi connectivity index (χ0n) is 12.0. The van der Waals surface area contributed by atoms with Gasteiger partial charge in [0, 0.05) is 6.42 Å². The van der Waals surface area contributed by atoms with E-state index in [4.69, 9.17) is 5.11 Å². The Hall–Kier alpha value is -1.87. The molecule has 0 aromatic heterocycles. The van der Waals surface area contributed by atoms with Crippen molar-refractivity contribution in [1.82, 2.24) is 0 Å². The second kappa shape index (κ2) is 8.33. The molecule has 0 radical (unpaired) electrons. The number of benzene rings is 1. The maximum Gasteiger partial charge on any atom is 0.303 e. The van der Waals surface area contributed by atoms with E-state index in [1.54, 1.807) is 13.0 Å². The standard InChI is InChI=1S/C17H22O3/c1-13-8-10-15(6-4-3-5-7-17(19)20)16(12-13)11-9-14(2)18/h4,6,8-12,14,18H,3,5,7H2,1-2H3,(H,19,20). The number of allylic oxidation sites excluding steroid dienone is 1. The van der Waals surface area contributed by atoms with E-state index in [-0.39, 0.29) is 6.42 Å². The molecule has 2 N–H and O–H groups in total. The highest BCUT2D eigenvalue weighted by Crippen LogP contribution is 2.16. The Morgan fingerprint density at radius 1 is 1.30 bits per heavy atom. The number of aliphatic hydroxyl groups is 1. The highest BCUT2D eigenvalue weighted by molar-refractivity contribution is 5.67. The molecule has 1 aromatic rings. The number of hydrogen-bond donors (Lipinski definition) is 2. The van der Waals surface area contributed by atoms with Gasteiger partial charge in [0.15, 0.2) is 0 Å². The molecule has 0 bridgehead atoms. The first-order valence-electron chi connectivity index (χ1n) is 6.84. The fraction of sp³-hybridized carbons (Fsp3) is 0.353. The minimum absolute atomic E-state index is 0.201. The second-order valence-electron chi connectivity index (χ2n) is 4.92. The molecule has 0 aliphatic carbocycles. The molecule has 0 fully saturated rings. The SMILES string of the molecule is Cc1ccc(C=CCCCC(=O)O)c(C=CC(C)O)c1. The number of unbranched alkanes of at least 4 members (excludes halogenated alkanes) is 1. The van der Waals surface area contributed by atoms with Crippen LogP contribution in [0.1, 0.15) is 42.9 Å². The van der Waals surface area contributed by atoms with Crippen molar-refractivity contribution in [3.05, 3.63) is 47.0 Å². The Labute approximate surface area is 120 Å². The highest BCUT2D eigenvalue weighted by atomic mass is 16.4. The molecule has 3 nitrogen and oxygen atoms in total. The Balaban J connectivity index is 2.73. The molecule has 0 amide bonds. The first kappa shape index (κ1) is 16.2. The number of aliphatic carboxylic acids is 1. The molecule has 1 aromatic carbocycles. The van der Waals surface area contributed by atoms with Crippen LogP contribution in [-0.2, 0) is 4.79 Å². The van der Waals surface area contributed by atoms with Gasteiger partial charge in [-0.05, 0) is 37.8 Å². The molecule has 20 heavy (non-hydrogen) atoms. The van der Waals surface area contributed by atoms with E-state index in [9.17, 15) is 9.90 Å². The van der Waals surface area contributed by atoms with Crippen LogP contribution in [-0.4, -0.2) is 22.3 Å². The minimum Gasteiger partial charge on any atom is -0.481 e. The fourth-order valence-corrected chi connectivity index (χ4v) is 1.81. The summed E-state index contributed by atoms with van der Waals surface area (Å²) in [5.41, 5.74) is 3.29. The topological polar surface area (TPSA) is 57.5 Å². The monoisotopic (exact) mass is 274 g/mol. The Morgan fingerprint density at radius 3 is 2.70 bits per heavy atom. The molecule has 1 atom stereocenters. The summed E-state index contributed by atoms with van der Waals surface area (Å²) in [5, 5.41) is 17.9. The van der Waals surface area contributed by atoms with Crippen LogP contribution in [0.5, 0.6) is 0 Å². The third-order valence-electron chi connectivity index (χ3n) is 2.86. The molecule has 0 saturated heterocycles.